The van der Waals surface area contributed by atoms with Gasteiger partial charge in [0.15, 0.2) is 22.8 Å². The highest BCUT2D eigenvalue weighted by Crippen LogP contribution is 2.35. The molecule has 3 aromatic heterocycles. The Kier molecular flexibility index (Phi) is 7.36. The molecule has 2 aromatic carbocycles. The Morgan fingerprint density at radius 1 is 1.02 bits per heavy atom. The topological polar surface area (TPSA) is 128 Å². The molecule has 0 saturated carbocycles. The number of nitrogens with one attached hydrogen (secondary N) is 2. The number of carbonyl (C=O) groups is 1. The third-order valence-electron chi connectivity index (χ3n) is 6.56. The minimum Gasteiger partial charge on any atom is -0.359 e. The van der Waals surface area contributed by atoms with E-state index in [1.165, 1.54) is 6.33 Å². The van der Waals surface area contributed by atoms with Gasteiger partial charge in [-0.1, -0.05) is 32.0 Å². The average molecular weight is 570 g/mol. The van der Waals surface area contributed by atoms with Gasteiger partial charge in [-0.3, -0.25) is 9.36 Å². The maximum atomic E-state index is 12.9. The molecule has 0 aliphatic carbocycles. The molecule has 5 aromatic rings. The first-order chi connectivity index (χ1) is 19.4. The quantitative estimate of drug-likeness (QED) is 0.219. The highest BCUT2D eigenvalue weighted by atomic mass is 31.2. The van der Waals surface area contributed by atoms with Gasteiger partial charge >= 0.3 is 0 Å². The smallest absolute Gasteiger partial charge is 0.256 e. The number of hydrogen-bond acceptors (Lipinski definition) is 8. The van der Waals surface area contributed by atoms with Crippen molar-refractivity contribution in [3.63, 3.8) is 0 Å². The monoisotopic (exact) mass is 569 g/mol. The van der Waals surface area contributed by atoms with E-state index in [0.29, 0.717) is 34.1 Å². The normalized spacial score (nSPS) is 12.2. The molecule has 0 aliphatic heterocycles. The summed E-state index contributed by atoms with van der Waals surface area (Å²) in [5.74, 6) is 1.35. The Hall–Kier alpha value is -4.56. The van der Waals surface area contributed by atoms with Crippen LogP contribution in [0.1, 0.15) is 48.0 Å². The van der Waals surface area contributed by atoms with E-state index in [-0.39, 0.29) is 11.3 Å². The van der Waals surface area contributed by atoms with Crippen LogP contribution in [0.4, 0.5) is 17.3 Å². The number of benzene rings is 2. The van der Waals surface area contributed by atoms with Crippen molar-refractivity contribution in [1.82, 2.24) is 24.7 Å². The summed E-state index contributed by atoms with van der Waals surface area (Å²) in [6.07, 6.45) is 6.89. The van der Waals surface area contributed by atoms with Crippen LogP contribution in [0.3, 0.4) is 0 Å². The summed E-state index contributed by atoms with van der Waals surface area (Å²) in [6.45, 7) is 11.5. The Morgan fingerprint density at radius 3 is 2.46 bits per heavy atom. The van der Waals surface area contributed by atoms with Crippen LogP contribution in [-0.4, -0.2) is 43.9 Å². The van der Waals surface area contributed by atoms with Crippen molar-refractivity contribution in [2.24, 2.45) is 0 Å². The van der Waals surface area contributed by atoms with Crippen LogP contribution in [0.15, 0.2) is 65.7 Å². The minimum absolute atomic E-state index is 0.209. The van der Waals surface area contributed by atoms with E-state index in [2.05, 4.69) is 30.7 Å². The van der Waals surface area contributed by atoms with Gasteiger partial charge in [0.05, 0.1) is 0 Å². The summed E-state index contributed by atoms with van der Waals surface area (Å²) in [5, 5.41) is 10.9. The number of rotatable bonds is 7. The third-order valence-corrected chi connectivity index (χ3v) is 8.10. The summed E-state index contributed by atoms with van der Waals surface area (Å²) in [6, 6.07) is 14.7. The molecule has 0 atom stereocenters. The van der Waals surface area contributed by atoms with Gasteiger partial charge in [0.1, 0.15) is 25.6 Å². The fraction of sp³-hybridized carbons (Fsp3) is 0.233. The molecule has 0 fully saturated rings. The van der Waals surface area contributed by atoms with E-state index in [0.717, 1.165) is 22.1 Å². The molecule has 5 rings (SSSR count). The zero-order valence-electron chi connectivity index (χ0n) is 23.8. The molecule has 0 saturated heterocycles. The lowest BCUT2D eigenvalue weighted by Crippen LogP contribution is -2.13. The van der Waals surface area contributed by atoms with Crippen LogP contribution < -0.4 is 15.9 Å². The summed E-state index contributed by atoms with van der Waals surface area (Å²) in [4.78, 5) is 26.2. The van der Waals surface area contributed by atoms with E-state index in [9.17, 15) is 9.36 Å². The zero-order valence-corrected chi connectivity index (χ0v) is 24.7. The second-order valence-electron chi connectivity index (χ2n) is 11.2. The molecule has 3 heterocycles. The molecular weight excluding hydrogens is 537 g/mol. The van der Waals surface area contributed by atoms with E-state index < -0.39 is 7.14 Å². The molecule has 0 bridgehead atoms. The Bertz CT molecular complexity index is 1810. The van der Waals surface area contributed by atoms with Crippen molar-refractivity contribution in [2.45, 2.75) is 33.1 Å². The molecule has 0 unspecified atom stereocenters. The fourth-order valence-corrected chi connectivity index (χ4v) is 4.96. The van der Waals surface area contributed by atoms with Crippen molar-refractivity contribution < 1.29 is 13.9 Å². The molecule has 2 N–H and O–H groups in total. The van der Waals surface area contributed by atoms with Gasteiger partial charge in [-0.25, -0.2) is 15.0 Å². The summed E-state index contributed by atoms with van der Waals surface area (Å²) < 4.78 is 19.5. The molecule has 0 aliphatic rings. The maximum Gasteiger partial charge on any atom is 0.256 e. The van der Waals surface area contributed by atoms with Crippen LogP contribution in [0, 0.1) is 6.92 Å². The Morgan fingerprint density at radius 2 is 1.78 bits per heavy atom. The number of carbonyl (C=O) groups excluding carboxylic acids is 1. The van der Waals surface area contributed by atoms with Gasteiger partial charge in [-0.2, -0.15) is 0 Å². The van der Waals surface area contributed by atoms with Crippen LogP contribution >= 0.6 is 7.14 Å². The number of imidazole rings is 1. The summed E-state index contributed by atoms with van der Waals surface area (Å²) >= 11 is 0. The first kappa shape index (κ1) is 28.0. The molecule has 1 amide bonds. The highest BCUT2D eigenvalue weighted by molar-refractivity contribution is 7.70. The Labute approximate surface area is 238 Å². The predicted octanol–water partition coefficient (Wildman–Crippen LogP) is 6.29. The number of amides is 1. The van der Waals surface area contributed by atoms with Crippen LogP contribution in [0.5, 0.6) is 0 Å². The molecule has 210 valence electrons. The maximum absolute atomic E-state index is 12.9. The summed E-state index contributed by atoms with van der Waals surface area (Å²) in [5.41, 5.74) is 4.18. The second-order valence-corrected chi connectivity index (χ2v) is 14.5. The fourth-order valence-electron chi connectivity index (χ4n) is 4.09. The van der Waals surface area contributed by atoms with Crippen LogP contribution in [-0.2, 0) is 9.98 Å². The number of anilines is 3. The first-order valence-electron chi connectivity index (χ1n) is 13.1. The van der Waals surface area contributed by atoms with Gasteiger partial charge in [0.2, 0.25) is 0 Å². The van der Waals surface area contributed by atoms with E-state index in [1.807, 2.05) is 76.4 Å². The van der Waals surface area contributed by atoms with Gasteiger partial charge in [0, 0.05) is 34.2 Å². The SMILES string of the molecule is Cc1ccc(C(=O)Nc2cc(C(C)(C)C)on2)cc1/C=C/n1cnc2c(Nc3ccc(P(C)(C)=O)cc3)ncnc21. The molecule has 41 heavy (non-hydrogen) atoms. The van der Waals surface area contributed by atoms with Crippen molar-refractivity contribution in [3.8, 4) is 0 Å². The van der Waals surface area contributed by atoms with Gasteiger partial charge in [-0.05, 0) is 73.9 Å². The molecule has 0 spiro atoms. The highest BCUT2D eigenvalue weighted by Gasteiger charge is 2.21. The summed E-state index contributed by atoms with van der Waals surface area (Å²) in [7, 11) is -2.33. The van der Waals surface area contributed by atoms with Crippen molar-refractivity contribution in [3.05, 3.63) is 83.6 Å². The van der Waals surface area contributed by atoms with E-state index in [1.54, 1.807) is 36.4 Å². The Balaban J connectivity index is 1.35. The zero-order chi connectivity index (χ0) is 29.4. The lowest BCUT2D eigenvalue weighted by Gasteiger charge is -2.12. The molecule has 10 nitrogen and oxygen atoms in total. The van der Waals surface area contributed by atoms with Crippen molar-refractivity contribution >= 4 is 59.1 Å². The molecule has 0 radical (unpaired) electrons. The molecule has 11 heteroatoms. The lowest BCUT2D eigenvalue weighted by molar-refractivity contribution is 0.102. The largest absolute Gasteiger partial charge is 0.359 e. The standard InChI is InChI=1S/C30H32N7O3P/c1-19-7-8-21(29(38)35-25-16-24(40-36-25)30(2,3)4)15-20(19)13-14-37-18-33-26-27(31-17-32-28(26)37)34-22-9-11-23(12-10-22)41(5,6)39/h7-18H,1-6H3,(H,31,32,34)(H,35,36,38)/b14-13+. The first-order valence-corrected chi connectivity index (χ1v) is 15.7. The number of nitrogens with zero attached hydrogens (tertiary/aromatic N) is 5. The second kappa shape index (κ2) is 10.8. The van der Waals surface area contributed by atoms with E-state index in [4.69, 9.17) is 4.52 Å². The van der Waals surface area contributed by atoms with Crippen molar-refractivity contribution in [2.75, 3.05) is 24.0 Å². The van der Waals surface area contributed by atoms with E-state index >= 15 is 0 Å². The lowest BCUT2D eigenvalue weighted by atomic mass is 9.93. The number of aromatic nitrogens is 5. The van der Waals surface area contributed by atoms with Gasteiger partial charge < -0.3 is 19.7 Å². The number of fused-ring (bicyclic) bond motifs is 1. The number of aryl methyl sites for hydroxylation is 1. The predicted molar refractivity (Wildman–Crippen MR) is 164 cm³/mol. The number of hydrogen-bond donors (Lipinski definition) is 2. The molecular formula is C30H32N7O3P. The average Bonchev–Trinajstić information content (AvgIpc) is 3.56. The third kappa shape index (κ3) is 6.28. The van der Waals surface area contributed by atoms with Gasteiger partial charge in [-0.15, -0.1) is 0 Å². The van der Waals surface area contributed by atoms with Crippen LogP contribution in [0.25, 0.3) is 23.4 Å². The van der Waals surface area contributed by atoms with Gasteiger partial charge in [0.25, 0.3) is 5.91 Å². The van der Waals surface area contributed by atoms with Crippen molar-refractivity contribution in [1.29, 1.82) is 0 Å². The van der Waals surface area contributed by atoms with Crippen LogP contribution in [0.2, 0.25) is 0 Å². The minimum atomic E-state index is -2.33.